The van der Waals surface area contributed by atoms with Gasteiger partial charge in [-0.05, 0) is 44.7 Å². The van der Waals surface area contributed by atoms with E-state index < -0.39 is 23.7 Å². The van der Waals surface area contributed by atoms with Crippen molar-refractivity contribution in [2.45, 2.75) is 58.1 Å². The molecule has 2 atom stereocenters. The highest BCUT2D eigenvalue weighted by molar-refractivity contribution is 5.82. The van der Waals surface area contributed by atoms with Crippen molar-refractivity contribution in [1.82, 2.24) is 4.90 Å². The van der Waals surface area contributed by atoms with E-state index in [9.17, 15) is 14.7 Å². The zero-order valence-corrected chi connectivity index (χ0v) is 14.2. The van der Waals surface area contributed by atoms with E-state index in [4.69, 9.17) is 4.74 Å². The standard InChI is InChI=1S/C18H25NO4/c1-5-12-8-6-7-9-13(12)14-10-11-19(15(14)16(20)21)17(22)23-18(2,3)4/h6-9,14-15H,5,10-11H2,1-4H3,(H,20,21)/t14-,15+/m0/s1. The molecule has 0 spiro atoms. The molecule has 5 heteroatoms. The fourth-order valence-corrected chi connectivity index (χ4v) is 3.17. The first-order valence-electron chi connectivity index (χ1n) is 8.05. The Kier molecular flexibility index (Phi) is 4.97. The van der Waals surface area contributed by atoms with Gasteiger partial charge < -0.3 is 9.84 Å². The van der Waals surface area contributed by atoms with Crippen molar-refractivity contribution < 1.29 is 19.4 Å². The average Bonchev–Trinajstić information content (AvgIpc) is 2.90. The van der Waals surface area contributed by atoms with Crippen LogP contribution < -0.4 is 0 Å². The maximum Gasteiger partial charge on any atom is 0.411 e. The first kappa shape index (κ1) is 17.3. The summed E-state index contributed by atoms with van der Waals surface area (Å²) >= 11 is 0. The molecule has 1 N–H and O–H groups in total. The lowest BCUT2D eigenvalue weighted by Crippen LogP contribution is -2.45. The van der Waals surface area contributed by atoms with Gasteiger partial charge in [0.2, 0.25) is 0 Å². The van der Waals surface area contributed by atoms with Crippen molar-refractivity contribution in [1.29, 1.82) is 0 Å². The monoisotopic (exact) mass is 319 g/mol. The van der Waals surface area contributed by atoms with Gasteiger partial charge in [-0.3, -0.25) is 4.90 Å². The molecule has 1 saturated heterocycles. The van der Waals surface area contributed by atoms with Crippen LogP contribution in [0.5, 0.6) is 0 Å². The van der Waals surface area contributed by atoms with E-state index in [1.165, 1.54) is 4.90 Å². The van der Waals surface area contributed by atoms with Gasteiger partial charge in [-0.15, -0.1) is 0 Å². The highest BCUT2D eigenvalue weighted by Gasteiger charge is 2.44. The molecule has 0 saturated carbocycles. The predicted octanol–water partition coefficient (Wildman–Crippen LogP) is 3.43. The molecule has 0 radical (unpaired) electrons. The second kappa shape index (κ2) is 6.60. The quantitative estimate of drug-likeness (QED) is 0.927. The number of benzene rings is 1. The minimum atomic E-state index is -0.982. The summed E-state index contributed by atoms with van der Waals surface area (Å²) in [5, 5.41) is 9.68. The van der Waals surface area contributed by atoms with Crippen molar-refractivity contribution in [3.63, 3.8) is 0 Å². The molecular weight excluding hydrogens is 294 g/mol. The van der Waals surface area contributed by atoms with Gasteiger partial charge >= 0.3 is 12.1 Å². The van der Waals surface area contributed by atoms with Crippen molar-refractivity contribution in [3.05, 3.63) is 35.4 Å². The van der Waals surface area contributed by atoms with Gasteiger partial charge in [0, 0.05) is 12.5 Å². The van der Waals surface area contributed by atoms with Crippen LogP contribution in [0.25, 0.3) is 0 Å². The minimum absolute atomic E-state index is 0.198. The SMILES string of the molecule is CCc1ccccc1[C@@H]1CCN(C(=O)OC(C)(C)C)[C@H]1C(=O)O. The maximum atomic E-state index is 12.3. The molecule has 1 aliphatic heterocycles. The number of carboxylic acids is 1. The van der Waals surface area contributed by atoms with Crippen LogP contribution in [-0.4, -0.2) is 40.3 Å². The Balaban J connectivity index is 2.30. The molecule has 126 valence electrons. The van der Waals surface area contributed by atoms with Gasteiger partial charge in [-0.25, -0.2) is 9.59 Å². The van der Waals surface area contributed by atoms with E-state index in [1.807, 2.05) is 24.3 Å². The third kappa shape index (κ3) is 3.84. The molecule has 5 nitrogen and oxygen atoms in total. The summed E-state index contributed by atoms with van der Waals surface area (Å²) in [6.07, 6.45) is 0.917. The fraction of sp³-hybridized carbons (Fsp3) is 0.556. The molecule has 0 aromatic heterocycles. The summed E-state index contributed by atoms with van der Waals surface area (Å²) in [5.41, 5.74) is 1.52. The molecule has 23 heavy (non-hydrogen) atoms. The molecule has 1 heterocycles. The van der Waals surface area contributed by atoms with E-state index in [1.54, 1.807) is 20.8 Å². The normalized spacial score (nSPS) is 21.3. The number of carbonyl (C=O) groups is 2. The third-order valence-corrected chi connectivity index (χ3v) is 4.11. The number of hydrogen-bond donors (Lipinski definition) is 1. The van der Waals surface area contributed by atoms with Crippen molar-refractivity contribution in [2.24, 2.45) is 0 Å². The van der Waals surface area contributed by atoms with E-state index in [2.05, 4.69) is 6.92 Å². The Hall–Kier alpha value is -2.04. The number of likely N-dealkylation sites (tertiary alicyclic amines) is 1. The molecule has 0 aliphatic carbocycles. The minimum Gasteiger partial charge on any atom is -0.480 e. The Morgan fingerprint density at radius 1 is 1.30 bits per heavy atom. The molecule has 1 aliphatic rings. The van der Waals surface area contributed by atoms with Crippen LogP contribution in [0, 0.1) is 0 Å². The highest BCUT2D eigenvalue weighted by Crippen LogP contribution is 2.36. The number of aliphatic carboxylic acids is 1. The predicted molar refractivity (Wildman–Crippen MR) is 87.5 cm³/mol. The Bertz CT molecular complexity index is 591. The summed E-state index contributed by atoms with van der Waals surface area (Å²) in [7, 11) is 0. The number of nitrogens with zero attached hydrogens (tertiary/aromatic N) is 1. The topological polar surface area (TPSA) is 66.8 Å². The van der Waals surface area contributed by atoms with Gasteiger partial charge in [0.05, 0.1) is 0 Å². The molecule has 1 aromatic carbocycles. The highest BCUT2D eigenvalue weighted by atomic mass is 16.6. The van der Waals surface area contributed by atoms with E-state index in [0.29, 0.717) is 13.0 Å². The van der Waals surface area contributed by atoms with Crippen LogP contribution in [0.15, 0.2) is 24.3 Å². The van der Waals surface area contributed by atoms with Crippen LogP contribution in [0.3, 0.4) is 0 Å². The molecule has 0 unspecified atom stereocenters. The number of ether oxygens (including phenoxy) is 1. The second-order valence-corrected chi connectivity index (χ2v) is 6.90. The van der Waals surface area contributed by atoms with Crippen molar-refractivity contribution in [2.75, 3.05) is 6.54 Å². The molecule has 1 amide bonds. The van der Waals surface area contributed by atoms with Crippen molar-refractivity contribution in [3.8, 4) is 0 Å². The fourth-order valence-electron chi connectivity index (χ4n) is 3.17. The second-order valence-electron chi connectivity index (χ2n) is 6.90. The van der Waals surface area contributed by atoms with E-state index >= 15 is 0 Å². The van der Waals surface area contributed by atoms with Gasteiger partial charge in [0.25, 0.3) is 0 Å². The summed E-state index contributed by atoms with van der Waals surface area (Å²) in [6.45, 7) is 7.78. The Labute approximate surface area is 137 Å². The lowest BCUT2D eigenvalue weighted by molar-refractivity contribution is -0.142. The van der Waals surface area contributed by atoms with Crippen LogP contribution in [0.2, 0.25) is 0 Å². The van der Waals surface area contributed by atoms with Crippen LogP contribution in [0.1, 0.15) is 51.2 Å². The van der Waals surface area contributed by atoms with E-state index in [-0.39, 0.29) is 5.92 Å². The molecular formula is C18H25NO4. The van der Waals surface area contributed by atoms with Crippen LogP contribution in [-0.2, 0) is 16.0 Å². The van der Waals surface area contributed by atoms with Gasteiger partial charge in [0.1, 0.15) is 11.6 Å². The Morgan fingerprint density at radius 2 is 1.96 bits per heavy atom. The lowest BCUT2D eigenvalue weighted by Gasteiger charge is -2.28. The molecule has 0 bridgehead atoms. The first-order valence-corrected chi connectivity index (χ1v) is 8.05. The number of aryl methyl sites for hydroxylation is 1. The largest absolute Gasteiger partial charge is 0.480 e. The zero-order chi connectivity index (χ0) is 17.2. The summed E-state index contributed by atoms with van der Waals surface area (Å²) in [5.74, 6) is -1.18. The summed E-state index contributed by atoms with van der Waals surface area (Å²) in [6, 6.07) is 6.99. The molecule has 2 rings (SSSR count). The number of amides is 1. The maximum absolute atomic E-state index is 12.3. The lowest BCUT2D eigenvalue weighted by atomic mass is 9.87. The zero-order valence-electron chi connectivity index (χ0n) is 14.2. The summed E-state index contributed by atoms with van der Waals surface area (Å²) in [4.78, 5) is 25.5. The molecule has 1 fully saturated rings. The number of rotatable bonds is 3. The van der Waals surface area contributed by atoms with Gasteiger partial charge in [-0.2, -0.15) is 0 Å². The average molecular weight is 319 g/mol. The molecule has 1 aromatic rings. The third-order valence-electron chi connectivity index (χ3n) is 4.11. The number of hydrogen-bond acceptors (Lipinski definition) is 3. The first-order chi connectivity index (χ1) is 10.7. The van der Waals surface area contributed by atoms with Crippen molar-refractivity contribution >= 4 is 12.1 Å². The Morgan fingerprint density at radius 3 is 2.52 bits per heavy atom. The van der Waals surface area contributed by atoms with Crippen LogP contribution >= 0.6 is 0 Å². The number of carboxylic acid groups (broad SMARTS) is 1. The van der Waals surface area contributed by atoms with Gasteiger partial charge in [0.15, 0.2) is 0 Å². The van der Waals surface area contributed by atoms with Gasteiger partial charge in [-0.1, -0.05) is 31.2 Å². The number of carbonyl (C=O) groups excluding carboxylic acids is 1. The van der Waals surface area contributed by atoms with E-state index in [0.717, 1.165) is 17.5 Å². The summed E-state index contributed by atoms with van der Waals surface area (Å²) < 4.78 is 5.37. The smallest absolute Gasteiger partial charge is 0.411 e. The van der Waals surface area contributed by atoms with Crippen LogP contribution in [0.4, 0.5) is 4.79 Å².